The molecule has 0 nitrogen and oxygen atoms in total. The lowest BCUT2D eigenvalue weighted by Gasteiger charge is -2.01. The number of halogens is 1. The molecule has 1 radical (unpaired) electrons. The number of rotatable bonds is 4. The maximum Gasteiger partial charge on any atom is 0.0210 e. The maximum atomic E-state index is 3.52. The molecule has 0 N–H and O–H groups in total. The van der Waals surface area contributed by atoms with E-state index in [1.807, 2.05) is 6.07 Å². The number of benzene rings is 1. The minimum absolute atomic E-state index is 1.18. The lowest BCUT2D eigenvalue weighted by molar-refractivity contribution is 0.790. The number of hydrogen-bond acceptors (Lipinski definition) is 0. The Hall–Kier alpha value is -0.300. The summed E-state index contributed by atoms with van der Waals surface area (Å²) in [6.07, 6.45) is 6.01. The van der Waals surface area contributed by atoms with Gasteiger partial charge in [0.25, 0.3) is 0 Å². The van der Waals surface area contributed by atoms with Crippen LogP contribution in [0.4, 0.5) is 0 Å². The third kappa shape index (κ3) is 2.98. The van der Waals surface area contributed by atoms with Crippen molar-refractivity contribution in [3.05, 3.63) is 40.7 Å². The Bertz CT molecular complexity index is 230. The quantitative estimate of drug-likeness (QED) is 0.675. The van der Waals surface area contributed by atoms with Crippen LogP contribution in [-0.2, 0) is 0 Å². The topological polar surface area (TPSA) is 0 Å². The summed E-state index contributed by atoms with van der Waals surface area (Å²) in [6.45, 7) is 2.22. The predicted octanol–water partition coefficient (Wildman–Crippen LogP) is 4.19. The van der Waals surface area contributed by atoms with Crippen molar-refractivity contribution >= 4 is 15.9 Å². The fourth-order valence-corrected chi connectivity index (χ4v) is 1.55. The molecule has 0 aliphatic rings. The van der Waals surface area contributed by atoms with Gasteiger partial charge in [-0.3, -0.25) is 0 Å². The van der Waals surface area contributed by atoms with Crippen LogP contribution in [0.15, 0.2) is 28.7 Å². The van der Waals surface area contributed by atoms with Crippen molar-refractivity contribution < 1.29 is 0 Å². The second kappa shape index (κ2) is 5.36. The normalized spacial score (nSPS) is 10.2. The first-order valence-corrected chi connectivity index (χ1v) is 5.21. The van der Waals surface area contributed by atoms with E-state index >= 15 is 0 Å². The lowest BCUT2D eigenvalue weighted by Crippen LogP contribution is -1.83. The summed E-state index contributed by atoms with van der Waals surface area (Å²) < 4.78 is 1.20. The summed E-state index contributed by atoms with van der Waals surface area (Å²) in [4.78, 5) is 0. The second-order valence-electron chi connectivity index (χ2n) is 2.87. The van der Waals surface area contributed by atoms with Gasteiger partial charge < -0.3 is 0 Å². The lowest BCUT2D eigenvalue weighted by atomic mass is 10.1. The molecule has 0 saturated heterocycles. The Balaban J connectivity index is 2.46. The smallest absolute Gasteiger partial charge is 0.0210 e. The fourth-order valence-electron chi connectivity index (χ4n) is 1.10. The van der Waals surface area contributed by atoms with Crippen molar-refractivity contribution in [1.29, 1.82) is 0 Å². The van der Waals surface area contributed by atoms with E-state index < -0.39 is 0 Å². The van der Waals surface area contributed by atoms with Gasteiger partial charge in [-0.05, 0) is 24.5 Å². The van der Waals surface area contributed by atoms with Crippen LogP contribution < -0.4 is 0 Å². The Labute approximate surface area is 83.1 Å². The summed E-state index contributed by atoms with van der Waals surface area (Å²) in [7, 11) is 0. The van der Waals surface area contributed by atoms with Crippen LogP contribution >= 0.6 is 15.9 Å². The second-order valence-corrected chi connectivity index (χ2v) is 3.72. The third-order valence-electron chi connectivity index (χ3n) is 1.83. The highest BCUT2D eigenvalue weighted by molar-refractivity contribution is 9.10. The summed E-state index contributed by atoms with van der Waals surface area (Å²) in [5.74, 6) is 0. The molecule has 0 amide bonds. The SMILES string of the molecule is CCCC[CH]c1ccccc1Br. The maximum absolute atomic E-state index is 3.52. The first-order valence-electron chi connectivity index (χ1n) is 4.42. The van der Waals surface area contributed by atoms with Gasteiger partial charge in [-0.25, -0.2) is 0 Å². The Morgan fingerprint density at radius 1 is 1.33 bits per heavy atom. The molecule has 1 rings (SSSR count). The van der Waals surface area contributed by atoms with Crippen LogP contribution in [0.3, 0.4) is 0 Å². The van der Waals surface area contributed by atoms with Crippen LogP contribution in [0.2, 0.25) is 0 Å². The molecule has 0 heterocycles. The van der Waals surface area contributed by atoms with Gasteiger partial charge in [-0.15, -0.1) is 0 Å². The van der Waals surface area contributed by atoms with Gasteiger partial charge in [0.1, 0.15) is 0 Å². The summed E-state index contributed by atoms with van der Waals surface area (Å²) in [6, 6.07) is 8.33. The van der Waals surface area contributed by atoms with Crippen molar-refractivity contribution in [2.45, 2.75) is 26.2 Å². The van der Waals surface area contributed by atoms with E-state index in [0.29, 0.717) is 0 Å². The largest absolute Gasteiger partial charge is 0.0654 e. The van der Waals surface area contributed by atoms with Gasteiger partial charge in [0, 0.05) is 4.47 Å². The first kappa shape index (κ1) is 9.79. The molecule has 0 atom stereocenters. The molecule has 1 heteroatoms. The molecule has 0 fully saturated rings. The number of unbranched alkanes of at least 4 members (excludes halogenated alkanes) is 2. The zero-order valence-electron chi connectivity index (χ0n) is 7.39. The molecular weight excluding hydrogens is 212 g/mol. The molecule has 0 aliphatic heterocycles. The molecule has 0 saturated carbocycles. The van der Waals surface area contributed by atoms with E-state index in [-0.39, 0.29) is 0 Å². The van der Waals surface area contributed by atoms with Gasteiger partial charge in [0.2, 0.25) is 0 Å². The van der Waals surface area contributed by atoms with Gasteiger partial charge in [0.15, 0.2) is 0 Å². The highest BCUT2D eigenvalue weighted by atomic mass is 79.9. The predicted molar refractivity (Wildman–Crippen MR) is 57.1 cm³/mol. The van der Waals surface area contributed by atoms with Crippen LogP contribution in [0, 0.1) is 6.42 Å². The average Bonchev–Trinajstić information content (AvgIpc) is 2.09. The molecule has 65 valence electrons. The monoisotopic (exact) mass is 225 g/mol. The standard InChI is InChI=1S/C11H14Br/c1-2-3-4-7-10-8-5-6-9-11(10)12/h5-9H,2-4H2,1H3. The highest BCUT2D eigenvalue weighted by Gasteiger charge is 1.96. The molecule has 0 unspecified atom stereocenters. The minimum Gasteiger partial charge on any atom is -0.0654 e. The molecule has 1 aromatic rings. The van der Waals surface area contributed by atoms with Crippen molar-refractivity contribution in [3.63, 3.8) is 0 Å². The van der Waals surface area contributed by atoms with Crippen molar-refractivity contribution in [1.82, 2.24) is 0 Å². The van der Waals surface area contributed by atoms with Gasteiger partial charge in [0.05, 0.1) is 0 Å². The summed E-state index contributed by atoms with van der Waals surface area (Å²) in [5.41, 5.74) is 1.31. The van der Waals surface area contributed by atoms with Crippen molar-refractivity contribution in [2.75, 3.05) is 0 Å². The van der Waals surface area contributed by atoms with Crippen LogP contribution in [0.1, 0.15) is 31.7 Å². The molecule has 1 aromatic carbocycles. The molecular formula is C11H14Br. The summed E-state index contributed by atoms with van der Waals surface area (Å²) >= 11 is 3.52. The highest BCUT2D eigenvalue weighted by Crippen LogP contribution is 2.19. The van der Waals surface area contributed by atoms with Crippen molar-refractivity contribution in [3.8, 4) is 0 Å². The number of hydrogen-bond donors (Lipinski definition) is 0. The fraction of sp³-hybridized carbons (Fsp3) is 0.364. The van der Waals surface area contributed by atoms with Crippen molar-refractivity contribution in [2.24, 2.45) is 0 Å². The van der Waals surface area contributed by atoms with Crippen LogP contribution in [0.25, 0.3) is 0 Å². The average molecular weight is 226 g/mol. The van der Waals surface area contributed by atoms with Gasteiger partial charge in [-0.1, -0.05) is 53.9 Å². The van der Waals surface area contributed by atoms with E-state index in [1.54, 1.807) is 0 Å². The first-order chi connectivity index (χ1) is 5.84. The molecule has 0 bridgehead atoms. The molecule has 0 spiro atoms. The molecule has 0 aliphatic carbocycles. The zero-order valence-corrected chi connectivity index (χ0v) is 8.97. The van der Waals surface area contributed by atoms with E-state index in [1.165, 1.54) is 29.3 Å². The Morgan fingerprint density at radius 3 is 2.75 bits per heavy atom. The Kier molecular flexibility index (Phi) is 4.37. The van der Waals surface area contributed by atoms with Gasteiger partial charge >= 0.3 is 0 Å². The van der Waals surface area contributed by atoms with E-state index in [0.717, 1.165) is 0 Å². The van der Waals surface area contributed by atoms with Crippen LogP contribution in [-0.4, -0.2) is 0 Å². The zero-order chi connectivity index (χ0) is 8.81. The minimum atomic E-state index is 1.18. The Morgan fingerprint density at radius 2 is 2.08 bits per heavy atom. The van der Waals surface area contributed by atoms with E-state index in [2.05, 4.69) is 47.5 Å². The van der Waals surface area contributed by atoms with E-state index in [4.69, 9.17) is 0 Å². The van der Waals surface area contributed by atoms with Crippen LogP contribution in [0.5, 0.6) is 0 Å². The van der Waals surface area contributed by atoms with Gasteiger partial charge in [-0.2, -0.15) is 0 Å². The van der Waals surface area contributed by atoms with E-state index in [9.17, 15) is 0 Å². The molecule has 0 aromatic heterocycles. The summed E-state index contributed by atoms with van der Waals surface area (Å²) in [5, 5.41) is 0. The third-order valence-corrected chi connectivity index (χ3v) is 2.55. The molecule has 12 heavy (non-hydrogen) atoms.